The van der Waals surface area contributed by atoms with Crippen LogP contribution in [0.5, 0.6) is 5.75 Å². The van der Waals surface area contributed by atoms with Crippen LogP contribution in [0.15, 0.2) is 42.5 Å². The standard InChI is InChI=1S/C21H23FN2O2/c1-14-7-8-18-15(11-14)16-12-23(2)10-9-19(16)24(18)21(25)13-26-20-6-4-3-5-17(20)22/h3-8,11,16,19H,9-10,12-13H2,1-2H3/t16-,19+/m0/s1. The van der Waals surface area contributed by atoms with E-state index in [2.05, 4.69) is 24.9 Å². The van der Waals surface area contributed by atoms with Gasteiger partial charge in [0.05, 0.1) is 0 Å². The summed E-state index contributed by atoms with van der Waals surface area (Å²) in [6.45, 7) is 3.83. The number of likely N-dealkylation sites (N-methyl/N-ethyl adjacent to an activating group) is 1. The molecule has 0 bridgehead atoms. The summed E-state index contributed by atoms with van der Waals surface area (Å²) in [5.74, 6) is -0.129. The number of benzene rings is 2. The highest BCUT2D eigenvalue weighted by Crippen LogP contribution is 2.44. The summed E-state index contributed by atoms with van der Waals surface area (Å²) in [6, 6.07) is 12.6. The second-order valence-electron chi connectivity index (χ2n) is 7.27. The molecule has 136 valence electrons. The highest BCUT2D eigenvalue weighted by molar-refractivity contribution is 5.98. The van der Waals surface area contributed by atoms with Gasteiger partial charge in [0.2, 0.25) is 0 Å². The van der Waals surface area contributed by atoms with E-state index in [1.165, 1.54) is 17.2 Å². The number of nitrogens with zero attached hydrogens (tertiary/aromatic N) is 2. The minimum Gasteiger partial charge on any atom is -0.481 e. The Hall–Kier alpha value is -2.40. The van der Waals surface area contributed by atoms with E-state index in [0.717, 1.165) is 25.2 Å². The number of para-hydroxylation sites is 1. The second-order valence-corrected chi connectivity index (χ2v) is 7.27. The van der Waals surface area contributed by atoms with Crippen molar-refractivity contribution < 1.29 is 13.9 Å². The molecule has 2 aromatic rings. The maximum absolute atomic E-state index is 13.8. The molecule has 2 aromatic carbocycles. The van der Waals surface area contributed by atoms with Crippen molar-refractivity contribution in [3.05, 3.63) is 59.4 Å². The first-order chi connectivity index (χ1) is 12.5. The van der Waals surface area contributed by atoms with Crippen LogP contribution >= 0.6 is 0 Å². The van der Waals surface area contributed by atoms with Crippen LogP contribution in [0.1, 0.15) is 23.5 Å². The number of fused-ring (bicyclic) bond motifs is 3. The Morgan fingerprint density at radius 1 is 1.27 bits per heavy atom. The van der Waals surface area contributed by atoms with Crippen LogP contribution in [0.3, 0.4) is 0 Å². The average Bonchev–Trinajstić information content (AvgIpc) is 2.94. The summed E-state index contributed by atoms with van der Waals surface area (Å²) in [4.78, 5) is 17.2. The molecule has 2 atom stereocenters. The van der Waals surface area contributed by atoms with E-state index in [9.17, 15) is 9.18 Å². The molecule has 2 heterocycles. The Bertz CT molecular complexity index is 839. The molecule has 0 N–H and O–H groups in total. The topological polar surface area (TPSA) is 32.8 Å². The van der Waals surface area contributed by atoms with E-state index < -0.39 is 5.82 Å². The predicted octanol–water partition coefficient (Wildman–Crippen LogP) is 3.35. The number of amides is 1. The largest absolute Gasteiger partial charge is 0.481 e. The summed E-state index contributed by atoms with van der Waals surface area (Å²) >= 11 is 0. The van der Waals surface area contributed by atoms with Gasteiger partial charge in [-0.25, -0.2) is 4.39 Å². The monoisotopic (exact) mass is 354 g/mol. The van der Waals surface area contributed by atoms with Gasteiger partial charge in [0, 0.05) is 24.2 Å². The fourth-order valence-electron chi connectivity index (χ4n) is 4.18. The lowest BCUT2D eigenvalue weighted by Gasteiger charge is -2.36. The minimum absolute atomic E-state index is 0.115. The molecule has 1 saturated heterocycles. The molecule has 0 radical (unpaired) electrons. The third kappa shape index (κ3) is 2.97. The molecule has 2 aliphatic heterocycles. The zero-order valence-corrected chi connectivity index (χ0v) is 15.1. The molecule has 0 aliphatic carbocycles. The van der Waals surface area contributed by atoms with Crippen LogP contribution in [0.2, 0.25) is 0 Å². The van der Waals surface area contributed by atoms with E-state index in [-0.39, 0.29) is 24.3 Å². The molecule has 1 amide bonds. The van der Waals surface area contributed by atoms with Crippen LogP contribution < -0.4 is 9.64 Å². The molecular weight excluding hydrogens is 331 g/mol. The maximum atomic E-state index is 13.8. The Morgan fingerprint density at radius 2 is 2.08 bits per heavy atom. The van der Waals surface area contributed by atoms with E-state index in [1.807, 2.05) is 17.0 Å². The molecule has 0 spiro atoms. The van der Waals surface area contributed by atoms with Gasteiger partial charge in [-0.3, -0.25) is 4.79 Å². The number of carbonyl (C=O) groups is 1. The minimum atomic E-state index is -0.449. The molecule has 4 nitrogen and oxygen atoms in total. The summed E-state index contributed by atoms with van der Waals surface area (Å²) < 4.78 is 19.2. The van der Waals surface area contributed by atoms with Crippen molar-refractivity contribution in [2.45, 2.75) is 25.3 Å². The smallest absolute Gasteiger partial charge is 0.265 e. The third-order valence-electron chi connectivity index (χ3n) is 5.41. The third-order valence-corrected chi connectivity index (χ3v) is 5.41. The number of halogens is 1. The molecule has 4 rings (SSSR count). The zero-order chi connectivity index (χ0) is 18.3. The van der Waals surface area contributed by atoms with Gasteiger partial charge in [0.25, 0.3) is 5.91 Å². The molecular formula is C21H23FN2O2. The number of aryl methyl sites for hydroxylation is 1. The number of likely N-dealkylation sites (tertiary alicyclic amines) is 1. The van der Waals surface area contributed by atoms with Crippen LogP contribution in [0.4, 0.5) is 10.1 Å². The molecule has 5 heteroatoms. The second kappa shape index (κ2) is 6.72. The molecule has 0 unspecified atom stereocenters. The Kier molecular flexibility index (Phi) is 4.41. The van der Waals surface area contributed by atoms with E-state index in [4.69, 9.17) is 4.74 Å². The number of anilines is 1. The first-order valence-corrected chi connectivity index (χ1v) is 9.03. The van der Waals surface area contributed by atoms with Crippen LogP contribution in [0.25, 0.3) is 0 Å². The SMILES string of the molecule is Cc1ccc2c(c1)[C@@H]1CN(C)CC[C@H]1N2C(=O)COc1ccccc1F. The molecule has 0 saturated carbocycles. The first kappa shape index (κ1) is 17.0. The van der Waals surface area contributed by atoms with Gasteiger partial charge in [0.15, 0.2) is 18.2 Å². The van der Waals surface area contributed by atoms with Gasteiger partial charge >= 0.3 is 0 Å². The van der Waals surface area contributed by atoms with Crippen LogP contribution in [-0.2, 0) is 4.79 Å². The van der Waals surface area contributed by atoms with Gasteiger partial charge in [-0.1, -0.05) is 29.8 Å². The highest BCUT2D eigenvalue weighted by atomic mass is 19.1. The van der Waals surface area contributed by atoms with Crippen molar-refractivity contribution in [2.24, 2.45) is 0 Å². The van der Waals surface area contributed by atoms with Gasteiger partial charge in [-0.05, 0) is 50.7 Å². The van der Waals surface area contributed by atoms with Crippen molar-refractivity contribution >= 4 is 11.6 Å². The predicted molar refractivity (Wildman–Crippen MR) is 99.2 cm³/mol. The lowest BCUT2D eigenvalue weighted by molar-refractivity contribution is -0.121. The van der Waals surface area contributed by atoms with Crippen molar-refractivity contribution in [3.8, 4) is 5.75 Å². The lowest BCUT2D eigenvalue weighted by atomic mass is 9.89. The number of ether oxygens (including phenoxy) is 1. The van der Waals surface area contributed by atoms with Gasteiger partial charge < -0.3 is 14.5 Å². The van der Waals surface area contributed by atoms with Gasteiger partial charge in [-0.15, -0.1) is 0 Å². The number of rotatable bonds is 3. The van der Waals surface area contributed by atoms with E-state index in [0.29, 0.717) is 5.92 Å². The summed E-state index contributed by atoms with van der Waals surface area (Å²) in [5, 5.41) is 0. The van der Waals surface area contributed by atoms with E-state index in [1.54, 1.807) is 18.2 Å². The summed E-state index contributed by atoms with van der Waals surface area (Å²) in [6.07, 6.45) is 0.931. The molecule has 1 fully saturated rings. The van der Waals surface area contributed by atoms with Gasteiger partial charge in [0.1, 0.15) is 0 Å². The van der Waals surface area contributed by atoms with Crippen LogP contribution in [0, 0.1) is 12.7 Å². The summed E-state index contributed by atoms with van der Waals surface area (Å²) in [7, 11) is 2.12. The Morgan fingerprint density at radius 3 is 2.88 bits per heavy atom. The molecule has 0 aromatic heterocycles. The normalized spacial score (nSPS) is 22.0. The highest BCUT2D eigenvalue weighted by Gasteiger charge is 2.43. The van der Waals surface area contributed by atoms with E-state index >= 15 is 0 Å². The summed E-state index contributed by atoms with van der Waals surface area (Å²) in [5.41, 5.74) is 3.41. The Balaban J connectivity index is 1.59. The quantitative estimate of drug-likeness (QED) is 0.847. The molecule has 26 heavy (non-hydrogen) atoms. The zero-order valence-electron chi connectivity index (χ0n) is 15.1. The van der Waals surface area contributed by atoms with Crippen molar-refractivity contribution in [1.29, 1.82) is 0 Å². The average molecular weight is 354 g/mol. The number of carbonyl (C=O) groups excluding carboxylic acids is 1. The number of piperidine rings is 1. The fourth-order valence-corrected chi connectivity index (χ4v) is 4.18. The van der Waals surface area contributed by atoms with Gasteiger partial charge in [-0.2, -0.15) is 0 Å². The fraction of sp³-hybridized carbons (Fsp3) is 0.381. The number of hydrogen-bond donors (Lipinski definition) is 0. The van der Waals surface area contributed by atoms with Crippen molar-refractivity contribution in [2.75, 3.05) is 31.6 Å². The molecule has 2 aliphatic rings. The lowest BCUT2D eigenvalue weighted by Crippen LogP contribution is -2.48. The Labute approximate surface area is 153 Å². The number of hydrogen-bond acceptors (Lipinski definition) is 3. The van der Waals surface area contributed by atoms with Crippen LogP contribution in [-0.4, -0.2) is 43.6 Å². The van der Waals surface area contributed by atoms with Crippen molar-refractivity contribution in [3.63, 3.8) is 0 Å². The maximum Gasteiger partial charge on any atom is 0.265 e. The first-order valence-electron chi connectivity index (χ1n) is 9.03. The van der Waals surface area contributed by atoms with Crippen molar-refractivity contribution in [1.82, 2.24) is 4.90 Å².